The molecule has 0 atom stereocenters. The van der Waals surface area contributed by atoms with E-state index in [1.165, 1.54) is 6.07 Å². The largest absolute Gasteiger partial charge is 0.484 e. The molecule has 2 aromatic heterocycles. The van der Waals surface area contributed by atoms with Gasteiger partial charge >= 0.3 is 0 Å². The van der Waals surface area contributed by atoms with Gasteiger partial charge in [-0.2, -0.15) is 0 Å². The number of halogens is 2. The Morgan fingerprint density at radius 3 is 2.63 bits per heavy atom. The van der Waals surface area contributed by atoms with Crippen LogP contribution in [-0.2, 0) is 4.79 Å². The van der Waals surface area contributed by atoms with E-state index in [1.54, 1.807) is 24.1 Å². The first-order valence-corrected chi connectivity index (χ1v) is 9.37. The zero-order chi connectivity index (χ0) is 21.1. The number of aryl methyl sites for hydroxylation is 1. The Bertz CT molecular complexity index is 1050. The molecule has 156 valence electrons. The third-order valence-corrected chi connectivity index (χ3v) is 4.73. The van der Waals surface area contributed by atoms with Crippen LogP contribution in [0.3, 0.4) is 0 Å². The molecule has 3 heterocycles. The summed E-state index contributed by atoms with van der Waals surface area (Å²) in [6, 6.07) is 6.83. The number of anilines is 1. The highest BCUT2D eigenvalue weighted by Gasteiger charge is 2.25. The topological polar surface area (TPSA) is 84.6 Å². The van der Waals surface area contributed by atoms with Crippen molar-refractivity contribution in [1.29, 1.82) is 0 Å². The van der Waals surface area contributed by atoms with Gasteiger partial charge in [0.2, 0.25) is 5.89 Å². The van der Waals surface area contributed by atoms with Crippen LogP contribution in [0.15, 0.2) is 40.9 Å². The van der Waals surface area contributed by atoms with E-state index in [4.69, 9.17) is 9.15 Å². The van der Waals surface area contributed by atoms with Gasteiger partial charge in [0.25, 0.3) is 11.8 Å². The van der Waals surface area contributed by atoms with Gasteiger partial charge in [0.1, 0.15) is 11.6 Å². The first kappa shape index (κ1) is 19.7. The molecule has 0 saturated carbocycles. The van der Waals surface area contributed by atoms with Crippen LogP contribution in [0.4, 0.5) is 14.6 Å². The molecule has 0 aliphatic carbocycles. The summed E-state index contributed by atoms with van der Waals surface area (Å²) in [5.41, 5.74) is 0.736. The molecule has 10 heteroatoms. The van der Waals surface area contributed by atoms with Crippen LogP contribution in [0.5, 0.6) is 5.75 Å². The fraction of sp³-hybridized carbons (Fsp3) is 0.300. The van der Waals surface area contributed by atoms with Gasteiger partial charge in [0.05, 0.1) is 5.56 Å². The average Bonchev–Trinajstić information content (AvgIpc) is 3.20. The highest BCUT2D eigenvalue weighted by Crippen LogP contribution is 2.28. The summed E-state index contributed by atoms with van der Waals surface area (Å²) in [4.78, 5) is 20.6. The van der Waals surface area contributed by atoms with E-state index < -0.39 is 11.6 Å². The number of amides is 1. The highest BCUT2D eigenvalue weighted by molar-refractivity contribution is 5.78. The van der Waals surface area contributed by atoms with E-state index in [0.29, 0.717) is 43.8 Å². The Labute approximate surface area is 171 Å². The molecule has 1 aliphatic rings. The number of carbonyl (C=O) groups is 1. The monoisotopic (exact) mass is 415 g/mol. The van der Waals surface area contributed by atoms with Gasteiger partial charge in [-0.1, -0.05) is 0 Å². The molecule has 4 rings (SSSR count). The van der Waals surface area contributed by atoms with Crippen LogP contribution >= 0.6 is 0 Å². The van der Waals surface area contributed by atoms with Crippen LogP contribution < -0.4 is 9.64 Å². The number of piperazine rings is 1. The molecule has 30 heavy (non-hydrogen) atoms. The predicted molar refractivity (Wildman–Crippen MR) is 103 cm³/mol. The van der Waals surface area contributed by atoms with Gasteiger partial charge < -0.3 is 19.0 Å². The van der Waals surface area contributed by atoms with E-state index in [1.807, 2.05) is 6.07 Å². The third-order valence-electron chi connectivity index (χ3n) is 4.73. The molecular formula is C20H19F2N5O3. The van der Waals surface area contributed by atoms with Crippen molar-refractivity contribution >= 4 is 11.7 Å². The Morgan fingerprint density at radius 1 is 1.13 bits per heavy atom. The molecule has 1 aliphatic heterocycles. The zero-order valence-corrected chi connectivity index (χ0v) is 16.2. The number of benzene rings is 1. The molecule has 0 bridgehead atoms. The van der Waals surface area contributed by atoms with Gasteiger partial charge in [-0.15, -0.1) is 10.2 Å². The van der Waals surface area contributed by atoms with E-state index >= 15 is 0 Å². The molecule has 1 amide bonds. The lowest BCUT2D eigenvalue weighted by molar-refractivity contribution is -0.133. The van der Waals surface area contributed by atoms with Crippen LogP contribution in [-0.4, -0.2) is 58.8 Å². The minimum Gasteiger partial charge on any atom is -0.484 e. The van der Waals surface area contributed by atoms with Crippen molar-refractivity contribution < 1.29 is 22.7 Å². The molecule has 0 N–H and O–H groups in total. The summed E-state index contributed by atoms with van der Waals surface area (Å²) < 4.78 is 37.0. The number of hydrogen-bond acceptors (Lipinski definition) is 7. The molecule has 1 saturated heterocycles. The van der Waals surface area contributed by atoms with Crippen molar-refractivity contribution in [3.05, 3.63) is 54.1 Å². The van der Waals surface area contributed by atoms with E-state index in [-0.39, 0.29) is 18.3 Å². The molecule has 0 spiro atoms. The third kappa shape index (κ3) is 4.22. The smallest absolute Gasteiger partial charge is 0.260 e. The SMILES string of the molecule is Cc1nnc(-c2cccnc2N2CCN(C(=O)COc3ccc(F)c(F)c3)CC2)o1. The van der Waals surface area contributed by atoms with Gasteiger partial charge in [0, 0.05) is 45.4 Å². The van der Waals surface area contributed by atoms with E-state index in [0.717, 1.165) is 17.7 Å². The van der Waals surface area contributed by atoms with Crippen LogP contribution in [0.1, 0.15) is 5.89 Å². The lowest BCUT2D eigenvalue weighted by Gasteiger charge is -2.35. The summed E-state index contributed by atoms with van der Waals surface area (Å²) in [5.74, 6) is -0.524. The molecule has 0 unspecified atom stereocenters. The van der Waals surface area contributed by atoms with Crippen LogP contribution in [0, 0.1) is 18.6 Å². The van der Waals surface area contributed by atoms with Gasteiger partial charge in [0.15, 0.2) is 18.2 Å². The zero-order valence-electron chi connectivity index (χ0n) is 16.2. The molecule has 8 nitrogen and oxygen atoms in total. The first-order chi connectivity index (χ1) is 14.5. The molecule has 3 aromatic rings. The summed E-state index contributed by atoms with van der Waals surface area (Å²) in [7, 11) is 0. The maximum Gasteiger partial charge on any atom is 0.260 e. The summed E-state index contributed by atoms with van der Waals surface area (Å²) in [6.45, 7) is 3.54. The average molecular weight is 415 g/mol. The summed E-state index contributed by atoms with van der Waals surface area (Å²) in [5, 5.41) is 7.93. The lowest BCUT2D eigenvalue weighted by atomic mass is 10.2. The van der Waals surface area contributed by atoms with E-state index in [9.17, 15) is 13.6 Å². The molecule has 1 fully saturated rings. The second kappa shape index (κ2) is 8.44. The van der Waals surface area contributed by atoms with Crippen molar-refractivity contribution in [2.75, 3.05) is 37.7 Å². The fourth-order valence-electron chi connectivity index (χ4n) is 3.19. The number of nitrogens with zero attached hydrogens (tertiary/aromatic N) is 5. The van der Waals surface area contributed by atoms with Crippen LogP contribution in [0.2, 0.25) is 0 Å². The quantitative estimate of drug-likeness (QED) is 0.633. The first-order valence-electron chi connectivity index (χ1n) is 9.37. The number of hydrogen-bond donors (Lipinski definition) is 0. The van der Waals surface area contributed by atoms with E-state index in [2.05, 4.69) is 20.1 Å². The number of carbonyl (C=O) groups excluding carboxylic acids is 1. The van der Waals surface area contributed by atoms with Gasteiger partial charge in [-0.3, -0.25) is 4.79 Å². The second-order valence-corrected chi connectivity index (χ2v) is 6.73. The van der Waals surface area contributed by atoms with Crippen molar-refractivity contribution in [2.24, 2.45) is 0 Å². The maximum atomic E-state index is 13.2. The lowest BCUT2D eigenvalue weighted by Crippen LogP contribution is -2.50. The Hall–Kier alpha value is -3.56. The Morgan fingerprint density at radius 2 is 1.93 bits per heavy atom. The Balaban J connectivity index is 1.36. The Kier molecular flexibility index (Phi) is 5.55. The molecular weight excluding hydrogens is 396 g/mol. The summed E-state index contributed by atoms with van der Waals surface area (Å²) in [6.07, 6.45) is 1.69. The number of ether oxygens (including phenoxy) is 1. The molecule has 0 radical (unpaired) electrons. The summed E-state index contributed by atoms with van der Waals surface area (Å²) >= 11 is 0. The van der Waals surface area contributed by atoms with Crippen molar-refractivity contribution in [2.45, 2.75) is 6.92 Å². The van der Waals surface area contributed by atoms with Gasteiger partial charge in [-0.05, 0) is 24.3 Å². The van der Waals surface area contributed by atoms with Crippen molar-refractivity contribution in [3.8, 4) is 17.2 Å². The minimum atomic E-state index is -1.02. The van der Waals surface area contributed by atoms with Crippen LogP contribution in [0.25, 0.3) is 11.5 Å². The standard InChI is InChI=1S/C20H19F2N5O3/c1-13-24-25-20(30-13)15-3-2-6-23-19(15)27-9-7-26(8-10-27)18(28)12-29-14-4-5-16(21)17(22)11-14/h2-6,11H,7-10,12H2,1H3. The van der Waals surface area contributed by atoms with Crippen molar-refractivity contribution in [1.82, 2.24) is 20.1 Å². The fourth-order valence-corrected chi connectivity index (χ4v) is 3.19. The van der Waals surface area contributed by atoms with Crippen molar-refractivity contribution in [3.63, 3.8) is 0 Å². The number of rotatable bonds is 5. The highest BCUT2D eigenvalue weighted by atomic mass is 19.2. The maximum absolute atomic E-state index is 13.2. The predicted octanol–water partition coefficient (Wildman–Crippen LogP) is 2.45. The molecule has 1 aromatic carbocycles. The second-order valence-electron chi connectivity index (χ2n) is 6.73. The normalized spacial score (nSPS) is 14.1. The number of aromatic nitrogens is 3. The number of pyridine rings is 1. The van der Waals surface area contributed by atoms with Gasteiger partial charge in [-0.25, -0.2) is 13.8 Å². The minimum absolute atomic E-state index is 0.105.